The summed E-state index contributed by atoms with van der Waals surface area (Å²) in [5.74, 6) is -0.199. The molecule has 0 bridgehead atoms. The van der Waals surface area contributed by atoms with E-state index in [2.05, 4.69) is 16.0 Å². The fourth-order valence-electron chi connectivity index (χ4n) is 4.04. The number of piperazine rings is 1. The lowest BCUT2D eigenvalue weighted by molar-refractivity contribution is -0.904. The number of rotatable bonds is 4. The third kappa shape index (κ3) is 3.32. The number of hydrogen-bond acceptors (Lipinski definition) is 2. The highest BCUT2D eigenvalue weighted by Crippen LogP contribution is 2.27. The van der Waals surface area contributed by atoms with Crippen molar-refractivity contribution < 1.29 is 14.4 Å². The van der Waals surface area contributed by atoms with Gasteiger partial charge in [-0.1, -0.05) is 18.2 Å². The molecule has 0 saturated carbocycles. The number of nitrogens with zero attached hydrogens (tertiary/aromatic N) is 1. The Morgan fingerprint density at radius 3 is 2.54 bits per heavy atom. The third-order valence-electron chi connectivity index (χ3n) is 5.42. The zero-order valence-corrected chi connectivity index (χ0v) is 15.0. The Bertz CT molecular complexity index is 882. The van der Waals surface area contributed by atoms with E-state index in [0.717, 1.165) is 54.0 Å². The summed E-state index contributed by atoms with van der Waals surface area (Å²) in [5.41, 5.74) is 4.21. The molecule has 1 aliphatic heterocycles. The van der Waals surface area contributed by atoms with Gasteiger partial charge in [0.25, 0.3) is 0 Å². The third-order valence-corrected chi connectivity index (χ3v) is 5.42. The van der Waals surface area contributed by atoms with Crippen molar-refractivity contribution in [2.24, 2.45) is 0 Å². The quantitative estimate of drug-likeness (QED) is 0.671. The van der Waals surface area contributed by atoms with E-state index < -0.39 is 6.10 Å². The van der Waals surface area contributed by atoms with E-state index in [1.165, 1.54) is 17.0 Å². The van der Waals surface area contributed by atoms with Gasteiger partial charge < -0.3 is 19.9 Å². The molecular weight excluding hydrogens is 329 g/mol. The van der Waals surface area contributed by atoms with E-state index in [1.54, 1.807) is 0 Å². The number of benzene rings is 2. The molecule has 0 radical (unpaired) electrons. The largest absolute Gasteiger partial charge is 0.382 e. The monoisotopic (exact) mass is 354 g/mol. The summed E-state index contributed by atoms with van der Waals surface area (Å²) in [4.78, 5) is 7.06. The van der Waals surface area contributed by atoms with E-state index in [-0.39, 0.29) is 5.82 Å². The minimum absolute atomic E-state index is 0.199. The van der Waals surface area contributed by atoms with Crippen LogP contribution in [0.5, 0.6) is 0 Å². The smallest absolute Gasteiger partial charge is 0.130 e. The molecular formula is C21H25FN3O+. The zero-order chi connectivity index (χ0) is 18.1. The first-order valence-electron chi connectivity index (χ1n) is 9.21. The molecule has 0 spiro atoms. The number of H-pyrrole nitrogens is 1. The number of nitrogens with one attached hydrogen (secondary N) is 2. The van der Waals surface area contributed by atoms with Crippen LogP contribution < -0.4 is 9.80 Å². The molecule has 1 fully saturated rings. The van der Waals surface area contributed by atoms with Crippen LogP contribution in [-0.4, -0.2) is 42.8 Å². The zero-order valence-electron chi connectivity index (χ0n) is 15.0. The predicted octanol–water partition coefficient (Wildman–Crippen LogP) is 2.05. The first kappa shape index (κ1) is 17.1. The Morgan fingerprint density at radius 2 is 1.81 bits per heavy atom. The lowest BCUT2D eigenvalue weighted by atomic mass is 10.0. The molecule has 1 aliphatic rings. The minimum Gasteiger partial charge on any atom is -0.382 e. The van der Waals surface area contributed by atoms with Crippen LogP contribution >= 0.6 is 0 Å². The predicted molar refractivity (Wildman–Crippen MR) is 102 cm³/mol. The van der Waals surface area contributed by atoms with Gasteiger partial charge in [-0.2, -0.15) is 0 Å². The summed E-state index contributed by atoms with van der Waals surface area (Å²) in [6, 6.07) is 14.8. The first-order chi connectivity index (χ1) is 12.6. The maximum absolute atomic E-state index is 13.1. The number of aromatic nitrogens is 1. The number of fused-ring (bicyclic) bond motifs is 1. The van der Waals surface area contributed by atoms with Crippen molar-refractivity contribution in [2.45, 2.75) is 13.0 Å². The minimum atomic E-state index is -0.474. The van der Waals surface area contributed by atoms with Crippen molar-refractivity contribution in [2.75, 3.05) is 37.6 Å². The Kier molecular flexibility index (Phi) is 4.66. The maximum Gasteiger partial charge on any atom is 0.130 e. The Labute approximate surface area is 152 Å². The highest BCUT2D eigenvalue weighted by molar-refractivity contribution is 5.84. The van der Waals surface area contributed by atoms with Gasteiger partial charge in [0.15, 0.2) is 0 Å². The Hall–Kier alpha value is -2.37. The normalized spacial score (nSPS) is 17.0. The summed E-state index contributed by atoms with van der Waals surface area (Å²) < 4.78 is 13.1. The van der Waals surface area contributed by atoms with Crippen LogP contribution in [0.3, 0.4) is 0 Å². The standard InChI is InChI=1S/C21H24FN3O/c1-15-21(18-4-2-3-5-19(18)23-15)20(26)14-24-10-12-25(13-11-24)17-8-6-16(22)7-9-17/h2-9,20,23,26H,10-14H2,1H3/p+1/t20-/m1/s1. The molecule has 2 aromatic carbocycles. The summed E-state index contributed by atoms with van der Waals surface area (Å²) >= 11 is 0. The number of aliphatic hydroxyl groups excluding tert-OH is 1. The number of aromatic amines is 1. The second-order valence-corrected chi connectivity index (χ2v) is 7.14. The Balaban J connectivity index is 1.41. The van der Waals surface area contributed by atoms with Gasteiger partial charge in [0.2, 0.25) is 0 Å². The van der Waals surface area contributed by atoms with Crippen molar-refractivity contribution in [1.29, 1.82) is 0 Å². The van der Waals surface area contributed by atoms with Crippen LogP contribution in [0.1, 0.15) is 17.4 Å². The molecule has 2 heterocycles. The van der Waals surface area contributed by atoms with Crippen molar-refractivity contribution in [3.8, 4) is 0 Å². The number of aliphatic hydroxyl groups is 1. The maximum atomic E-state index is 13.1. The van der Waals surface area contributed by atoms with Crippen LogP contribution in [0.25, 0.3) is 10.9 Å². The number of halogens is 1. The highest BCUT2D eigenvalue weighted by atomic mass is 19.1. The van der Waals surface area contributed by atoms with Gasteiger partial charge in [-0.25, -0.2) is 4.39 Å². The molecule has 1 aromatic heterocycles. The Morgan fingerprint density at radius 1 is 1.12 bits per heavy atom. The fourth-order valence-corrected chi connectivity index (χ4v) is 4.04. The summed E-state index contributed by atoms with van der Waals surface area (Å²) in [6.07, 6.45) is -0.474. The van der Waals surface area contributed by atoms with Crippen LogP contribution in [-0.2, 0) is 0 Å². The molecule has 1 saturated heterocycles. The molecule has 5 heteroatoms. The molecule has 0 unspecified atom stereocenters. The number of hydrogen-bond donors (Lipinski definition) is 3. The van der Waals surface area contributed by atoms with Crippen LogP contribution in [0, 0.1) is 12.7 Å². The summed E-state index contributed by atoms with van der Waals surface area (Å²) in [7, 11) is 0. The SMILES string of the molecule is Cc1[nH]c2ccccc2c1[C@H](O)C[NH+]1CCN(c2ccc(F)cc2)CC1. The molecule has 4 rings (SSSR count). The lowest BCUT2D eigenvalue weighted by Crippen LogP contribution is -3.15. The van der Waals surface area contributed by atoms with E-state index in [1.807, 2.05) is 37.3 Å². The second-order valence-electron chi connectivity index (χ2n) is 7.14. The number of aryl methyl sites for hydroxylation is 1. The molecule has 136 valence electrons. The van der Waals surface area contributed by atoms with Crippen molar-refractivity contribution in [1.82, 2.24) is 4.98 Å². The van der Waals surface area contributed by atoms with E-state index in [4.69, 9.17) is 0 Å². The number of para-hydroxylation sites is 1. The second kappa shape index (κ2) is 7.09. The molecule has 4 nitrogen and oxygen atoms in total. The van der Waals surface area contributed by atoms with Gasteiger partial charge in [0.05, 0.1) is 26.2 Å². The van der Waals surface area contributed by atoms with Gasteiger partial charge in [0.1, 0.15) is 18.5 Å². The first-order valence-corrected chi connectivity index (χ1v) is 9.21. The summed E-state index contributed by atoms with van der Waals surface area (Å²) in [5, 5.41) is 12.0. The van der Waals surface area contributed by atoms with Crippen LogP contribution in [0.15, 0.2) is 48.5 Å². The highest BCUT2D eigenvalue weighted by Gasteiger charge is 2.25. The van der Waals surface area contributed by atoms with Crippen LogP contribution in [0.2, 0.25) is 0 Å². The fraction of sp³-hybridized carbons (Fsp3) is 0.333. The van der Waals surface area contributed by atoms with E-state index in [0.29, 0.717) is 6.54 Å². The molecule has 3 N–H and O–H groups in total. The number of quaternary nitrogens is 1. The van der Waals surface area contributed by atoms with E-state index in [9.17, 15) is 9.50 Å². The molecule has 0 aliphatic carbocycles. The molecule has 3 aromatic rings. The topological polar surface area (TPSA) is 43.7 Å². The van der Waals surface area contributed by atoms with Gasteiger partial charge in [0, 0.05) is 27.8 Å². The van der Waals surface area contributed by atoms with Gasteiger partial charge in [-0.05, 0) is 37.3 Å². The van der Waals surface area contributed by atoms with E-state index >= 15 is 0 Å². The molecule has 26 heavy (non-hydrogen) atoms. The lowest BCUT2D eigenvalue weighted by Gasteiger charge is -2.34. The van der Waals surface area contributed by atoms with Gasteiger partial charge >= 0.3 is 0 Å². The number of anilines is 1. The van der Waals surface area contributed by atoms with Gasteiger partial charge in [-0.3, -0.25) is 0 Å². The average Bonchev–Trinajstić information content (AvgIpc) is 2.99. The van der Waals surface area contributed by atoms with Crippen molar-refractivity contribution in [3.63, 3.8) is 0 Å². The molecule has 0 amide bonds. The van der Waals surface area contributed by atoms with Gasteiger partial charge in [-0.15, -0.1) is 0 Å². The average molecular weight is 354 g/mol. The summed E-state index contributed by atoms with van der Waals surface area (Å²) in [6.45, 7) is 6.51. The van der Waals surface area contributed by atoms with Crippen molar-refractivity contribution in [3.05, 3.63) is 65.6 Å². The van der Waals surface area contributed by atoms with Crippen LogP contribution in [0.4, 0.5) is 10.1 Å². The molecule has 1 atom stereocenters. The van der Waals surface area contributed by atoms with Crippen molar-refractivity contribution >= 4 is 16.6 Å².